The Morgan fingerprint density at radius 1 is 1.23 bits per heavy atom. The first-order valence-electron chi connectivity index (χ1n) is 9.83. The zero-order valence-corrected chi connectivity index (χ0v) is 15.8. The van der Waals surface area contributed by atoms with Gasteiger partial charge in [-0.15, -0.1) is 0 Å². The van der Waals surface area contributed by atoms with Crippen molar-refractivity contribution in [1.29, 1.82) is 0 Å². The van der Waals surface area contributed by atoms with E-state index in [4.69, 9.17) is 23.4 Å². The van der Waals surface area contributed by atoms with Crippen LogP contribution < -0.4 is 0 Å². The van der Waals surface area contributed by atoms with Gasteiger partial charge in [0.15, 0.2) is 12.1 Å². The van der Waals surface area contributed by atoms with E-state index in [9.17, 15) is 4.39 Å². The van der Waals surface area contributed by atoms with Crippen molar-refractivity contribution in [2.75, 3.05) is 0 Å². The van der Waals surface area contributed by atoms with Gasteiger partial charge in [-0.2, -0.15) is 4.39 Å². The number of aryl methyl sites for hydroxylation is 1. The van der Waals surface area contributed by atoms with Crippen molar-refractivity contribution in [3.63, 3.8) is 0 Å². The molecule has 0 radical (unpaired) electrons. The van der Waals surface area contributed by atoms with E-state index in [1.165, 1.54) is 12.5 Å². The summed E-state index contributed by atoms with van der Waals surface area (Å²) in [5.74, 6) is 0.474. The largest absolute Gasteiger partial charge is 0.433 e. The summed E-state index contributed by atoms with van der Waals surface area (Å²) in [6.45, 7) is 6.34. The van der Waals surface area contributed by atoms with Crippen LogP contribution in [-0.4, -0.2) is 30.4 Å². The Labute approximate surface area is 154 Å². The fraction of sp³-hybridized carbons (Fsp3) is 0.800. The van der Waals surface area contributed by atoms with E-state index in [0.29, 0.717) is 11.7 Å². The van der Waals surface area contributed by atoms with Gasteiger partial charge in [0, 0.05) is 18.9 Å². The number of hydrogen-bond acceptors (Lipinski definition) is 5. The van der Waals surface area contributed by atoms with Gasteiger partial charge in [0.2, 0.25) is 0 Å². The van der Waals surface area contributed by atoms with Crippen LogP contribution in [-0.2, 0) is 25.6 Å². The van der Waals surface area contributed by atoms with E-state index in [1.807, 2.05) is 6.92 Å². The molecule has 2 saturated heterocycles. The molecule has 5 nitrogen and oxygen atoms in total. The molecule has 3 fully saturated rings. The summed E-state index contributed by atoms with van der Waals surface area (Å²) in [4.78, 5) is 0. The first-order valence-corrected chi connectivity index (χ1v) is 9.83. The summed E-state index contributed by atoms with van der Waals surface area (Å²) >= 11 is 0. The maximum Gasteiger partial charge on any atom is 0.278 e. The first kappa shape index (κ1) is 18.4. The van der Waals surface area contributed by atoms with Crippen molar-refractivity contribution in [2.24, 2.45) is 5.92 Å². The van der Waals surface area contributed by atoms with Crippen LogP contribution in [0.25, 0.3) is 0 Å². The normalized spacial score (nSPS) is 33.3. The first-order chi connectivity index (χ1) is 12.5. The van der Waals surface area contributed by atoms with Gasteiger partial charge in [0.25, 0.3) is 6.01 Å². The molecule has 6 heteroatoms. The molecule has 0 amide bonds. The lowest BCUT2D eigenvalue weighted by molar-refractivity contribution is -0.250. The van der Waals surface area contributed by atoms with Crippen molar-refractivity contribution in [3.05, 3.63) is 23.4 Å². The maximum atomic E-state index is 13.3. The number of fused-ring (bicyclic) bond motifs is 1. The molecule has 0 bridgehead atoms. The van der Waals surface area contributed by atoms with Crippen molar-refractivity contribution in [1.82, 2.24) is 0 Å². The summed E-state index contributed by atoms with van der Waals surface area (Å²) in [7, 11) is 0. The van der Waals surface area contributed by atoms with E-state index in [2.05, 4.69) is 13.8 Å². The van der Waals surface area contributed by atoms with Crippen LogP contribution in [0.3, 0.4) is 0 Å². The summed E-state index contributed by atoms with van der Waals surface area (Å²) in [5, 5.41) is 0. The van der Waals surface area contributed by atoms with Gasteiger partial charge in [-0.1, -0.05) is 20.3 Å². The second-order valence-electron chi connectivity index (χ2n) is 8.28. The molecule has 3 aliphatic rings. The average Bonchev–Trinajstić information content (AvgIpc) is 3.17. The SMILES string of the molecule is Cc1cc(F)oc1CO[C@@H]1[C@H]2OC3(CCCCC3)O[C@H]2O[C@@H]1CC(C)C. The summed E-state index contributed by atoms with van der Waals surface area (Å²) in [6, 6.07) is 0.798. The third-order valence-electron chi connectivity index (χ3n) is 5.67. The van der Waals surface area contributed by atoms with Gasteiger partial charge < -0.3 is 23.4 Å². The molecule has 0 aromatic carbocycles. The Hall–Kier alpha value is -0.950. The molecule has 1 saturated carbocycles. The van der Waals surface area contributed by atoms with Crippen molar-refractivity contribution in [3.8, 4) is 0 Å². The number of ether oxygens (including phenoxy) is 4. The second kappa shape index (κ2) is 7.23. The van der Waals surface area contributed by atoms with Gasteiger partial charge in [-0.3, -0.25) is 0 Å². The molecule has 1 aromatic rings. The quantitative estimate of drug-likeness (QED) is 0.768. The average molecular weight is 368 g/mol. The van der Waals surface area contributed by atoms with Crippen LogP contribution in [0.15, 0.2) is 10.5 Å². The predicted molar refractivity (Wildman–Crippen MR) is 91.9 cm³/mol. The maximum absolute atomic E-state index is 13.3. The minimum Gasteiger partial charge on any atom is -0.433 e. The molecule has 0 N–H and O–H groups in total. The van der Waals surface area contributed by atoms with Crippen LogP contribution in [0.2, 0.25) is 0 Å². The van der Waals surface area contributed by atoms with Gasteiger partial charge >= 0.3 is 0 Å². The van der Waals surface area contributed by atoms with Gasteiger partial charge in [-0.25, -0.2) is 0 Å². The summed E-state index contributed by atoms with van der Waals surface area (Å²) in [5.41, 5.74) is 0.755. The predicted octanol–water partition coefficient (Wildman–Crippen LogP) is 4.46. The minimum atomic E-state index is -0.581. The molecule has 26 heavy (non-hydrogen) atoms. The highest BCUT2D eigenvalue weighted by molar-refractivity contribution is 5.14. The fourth-order valence-corrected chi connectivity index (χ4v) is 4.37. The number of furan rings is 1. The lowest BCUT2D eigenvalue weighted by Crippen LogP contribution is -2.40. The van der Waals surface area contributed by atoms with E-state index >= 15 is 0 Å². The molecule has 1 aliphatic carbocycles. The summed E-state index contributed by atoms with van der Waals surface area (Å²) in [6.07, 6.45) is 5.19. The van der Waals surface area contributed by atoms with Crippen LogP contribution in [0.4, 0.5) is 4.39 Å². The zero-order chi connectivity index (χ0) is 18.3. The topological polar surface area (TPSA) is 50.1 Å². The van der Waals surface area contributed by atoms with E-state index in [-0.39, 0.29) is 31.2 Å². The number of halogens is 1. The molecule has 2 aliphatic heterocycles. The molecule has 1 spiro atoms. The molecule has 4 atom stereocenters. The molecule has 0 unspecified atom stereocenters. The highest BCUT2D eigenvalue weighted by Crippen LogP contribution is 2.46. The smallest absolute Gasteiger partial charge is 0.278 e. The lowest BCUT2D eigenvalue weighted by Gasteiger charge is -2.34. The second-order valence-corrected chi connectivity index (χ2v) is 8.28. The minimum absolute atomic E-state index is 0.0916. The van der Waals surface area contributed by atoms with Crippen LogP contribution in [0, 0.1) is 18.9 Å². The highest BCUT2D eigenvalue weighted by atomic mass is 19.1. The molecule has 146 valence electrons. The summed E-state index contributed by atoms with van der Waals surface area (Å²) < 4.78 is 43.4. The Morgan fingerprint density at radius 2 is 2.00 bits per heavy atom. The van der Waals surface area contributed by atoms with Crippen LogP contribution in [0.5, 0.6) is 0 Å². The Bertz CT molecular complexity index is 622. The van der Waals surface area contributed by atoms with Gasteiger partial charge in [0.1, 0.15) is 24.6 Å². The van der Waals surface area contributed by atoms with E-state index in [1.54, 1.807) is 0 Å². The standard InChI is InChI=1S/C20H29FO5/c1-12(2)9-14-17(22-11-15-13(3)10-16(21)23-15)18-19(24-14)26-20(25-18)7-5-4-6-8-20/h10,12,14,17-19H,4-9,11H2,1-3H3/t14-,17+,18-,19-/m1/s1. The third-order valence-corrected chi connectivity index (χ3v) is 5.67. The highest BCUT2D eigenvalue weighted by Gasteiger charge is 2.58. The van der Waals surface area contributed by atoms with E-state index in [0.717, 1.165) is 37.7 Å². The molecular formula is C20H29FO5. The van der Waals surface area contributed by atoms with Crippen molar-refractivity contribution >= 4 is 0 Å². The molecule has 3 heterocycles. The van der Waals surface area contributed by atoms with E-state index < -0.39 is 11.8 Å². The third kappa shape index (κ3) is 3.57. The van der Waals surface area contributed by atoms with Crippen molar-refractivity contribution < 1.29 is 27.8 Å². The Morgan fingerprint density at radius 3 is 2.65 bits per heavy atom. The molecular weight excluding hydrogens is 339 g/mol. The molecule has 4 rings (SSSR count). The van der Waals surface area contributed by atoms with Gasteiger partial charge in [-0.05, 0) is 37.7 Å². The molecule has 1 aromatic heterocycles. The Balaban J connectivity index is 1.47. The lowest BCUT2D eigenvalue weighted by atomic mass is 9.94. The van der Waals surface area contributed by atoms with Crippen LogP contribution >= 0.6 is 0 Å². The van der Waals surface area contributed by atoms with Crippen LogP contribution in [0.1, 0.15) is 63.7 Å². The number of hydrogen-bond donors (Lipinski definition) is 0. The fourth-order valence-electron chi connectivity index (χ4n) is 4.37. The van der Waals surface area contributed by atoms with Crippen molar-refractivity contribution in [2.45, 2.75) is 96.3 Å². The zero-order valence-electron chi connectivity index (χ0n) is 15.8. The monoisotopic (exact) mass is 368 g/mol. The number of rotatable bonds is 5. The van der Waals surface area contributed by atoms with Gasteiger partial charge in [0.05, 0.1) is 6.10 Å². The Kier molecular flexibility index (Phi) is 5.12.